The summed E-state index contributed by atoms with van der Waals surface area (Å²) in [7, 11) is 0. The Hall–Kier alpha value is -6.06. The van der Waals surface area contributed by atoms with E-state index < -0.39 is 0 Å². The molecule has 10 aromatic rings. The summed E-state index contributed by atoms with van der Waals surface area (Å²) in [6, 6.07) is 54.4. The minimum absolute atomic E-state index is 0.916. The third kappa shape index (κ3) is 4.20. The van der Waals surface area contributed by atoms with Crippen molar-refractivity contribution in [1.29, 1.82) is 0 Å². The molecule has 0 aliphatic carbocycles. The fraction of sp³-hybridized carbons (Fsp3) is 0.0455. The van der Waals surface area contributed by atoms with Gasteiger partial charge in [-0.05, 0) is 71.3 Å². The topological polar surface area (TPSA) is 33.9 Å². The van der Waals surface area contributed by atoms with Gasteiger partial charge in [0.25, 0.3) is 0 Å². The van der Waals surface area contributed by atoms with E-state index in [-0.39, 0.29) is 0 Å². The molecular formula is C44H32N2O. The molecule has 0 atom stereocenters. The average Bonchev–Trinajstić information content (AvgIpc) is 3.81. The molecule has 3 heteroatoms. The lowest BCUT2D eigenvalue weighted by atomic mass is 9.96. The second kappa shape index (κ2) is 10.8. The Labute approximate surface area is 272 Å². The molecule has 47 heavy (non-hydrogen) atoms. The van der Waals surface area contributed by atoms with Gasteiger partial charge < -0.3 is 14.0 Å². The van der Waals surface area contributed by atoms with Crippen molar-refractivity contribution < 1.29 is 4.42 Å². The van der Waals surface area contributed by atoms with Crippen molar-refractivity contribution in [2.75, 3.05) is 0 Å². The number of nitrogens with zero attached hydrogens (tertiary/aromatic N) is 1. The molecule has 0 aliphatic rings. The van der Waals surface area contributed by atoms with Crippen LogP contribution in [-0.2, 0) is 0 Å². The van der Waals surface area contributed by atoms with E-state index in [1.54, 1.807) is 0 Å². The lowest BCUT2D eigenvalue weighted by molar-refractivity contribution is 0.669. The molecule has 3 heterocycles. The average molecular weight is 605 g/mol. The van der Waals surface area contributed by atoms with Crippen LogP contribution in [0.15, 0.2) is 156 Å². The minimum Gasteiger partial charge on any atom is -0.456 e. The molecule has 0 bridgehead atoms. The third-order valence-corrected chi connectivity index (χ3v) is 9.34. The fourth-order valence-electron chi connectivity index (χ4n) is 7.26. The number of benzene rings is 7. The smallest absolute Gasteiger partial charge is 0.135 e. The van der Waals surface area contributed by atoms with E-state index in [1.807, 2.05) is 26.0 Å². The molecule has 224 valence electrons. The zero-order valence-electron chi connectivity index (χ0n) is 26.3. The number of hydrogen-bond donors (Lipinski definition) is 1. The molecule has 10 rings (SSSR count). The third-order valence-electron chi connectivity index (χ3n) is 9.34. The van der Waals surface area contributed by atoms with Crippen LogP contribution in [0.3, 0.4) is 0 Å². The number of nitrogens with one attached hydrogen (secondary N) is 1. The SMILES string of the molecule is CC.c1cc(-c2ccc3oc4ccccc4c3c2)cc(-c2cccc3c2[nH]c2ccc(-n4c5ccccc5c5ccccc54)cc23)c1. The van der Waals surface area contributed by atoms with Gasteiger partial charge in [-0.25, -0.2) is 0 Å². The number of furan rings is 1. The van der Waals surface area contributed by atoms with Crippen LogP contribution in [0.25, 0.3) is 93.5 Å². The van der Waals surface area contributed by atoms with E-state index in [4.69, 9.17) is 4.42 Å². The van der Waals surface area contributed by atoms with Crippen molar-refractivity contribution in [3.63, 3.8) is 0 Å². The molecule has 0 spiro atoms. The highest BCUT2D eigenvalue weighted by Crippen LogP contribution is 2.38. The molecule has 3 aromatic heterocycles. The van der Waals surface area contributed by atoms with Gasteiger partial charge in [0.05, 0.1) is 16.6 Å². The first-order valence-corrected chi connectivity index (χ1v) is 16.4. The van der Waals surface area contributed by atoms with E-state index in [1.165, 1.54) is 54.8 Å². The molecule has 3 nitrogen and oxygen atoms in total. The van der Waals surface area contributed by atoms with Crippen LogP contribution in [0.2, 0.25) is 0 Å². The summed E-state index contributed by atoms with van der Waals surface area (Å²) in [6.45, 7) is 4.00. The van der Waals surface area contributed by atoms with Crippen molar-refractivity contribution in [2.45, 2.75) is 13.8 Å². The largest absolute Gasteiger partial charge is 0.456 e. The van der Waals surface area contributed by atoms with Crippen molar-refractivity contribution in [3.05, 3.63) is 152 Å². The summed E-state index contributed by atoms with van der Waals surface area (Å²) < 4.78 is 8.47. The first-order chi connectivity index (χ1) is 23.3. The number of rotatable bonds is 3. The summed E-state index contributed by atoms with van der Waals surface area (Å²) >= 11 is 0. The lowest BCUT2D eigenvalue weighted by Crippen LogP contribution is -1.93. The van der Waals surface area contributed by atoms with Crippen molar-refractivity contribution in [2.24, 2.45) is 0 Å². The Morgan fingerprint density at radius 1 is 0.447 bits per heavy atom. The second-order valence-electron chi connectivity index (χ2n) is 11.8. The summed E-state index contributed by atoms with van der Waals surface area (Å²) in [6.07, 6.45) is 0. The predicted molar refractivity (Wildman–Crippen MR) is 200 cm³/mol. The van der Waals surface area contributed by atoms with E-state index in [2.05, 4.69) is 149 Å². The van der Waals surface area contributed by atoms with Gasteiger partial charge in [0, 0.05) is 49.1 Å². The van der Waals surface area contributed by atoms with Crippen molar-refractivity contribution in [3.8, 4) is 27.9 Å². The first-order valence-electron chi connectivity index (χ1n) is 16.4. The zero-order chi connectivity index (χ0) is 31.5. The molecular weight excluding hydrogens is 572 g/mol. The Balaban J connectivity index is 0.00000149. The van der Waals surface area contributed by atoms with Crippen LogP contribution in [-0.4, -0.2) is 9.55 Å². The van der Waals surface area contributed by atoms with Crippen molar-refractivity contribution >= 4 is 65.6 Å². The Bertz CT molecular complexity index is 2720. The molecule has 0 radical (unpaired) electrons. The van der Waals surface area contributed by atoms with Crippen LogP contribution in [0, 0.1) is 0 Å². The van der Waals surface area contributed by atoms with Gasteiger partial charge in [-0.3, -0.25) is 0 Å². The molecule has 0 aliphatic heterocycles. The molecule has 0 saturated heterocycles. The molecule has 1 N–H and O–H groups in total. The fourth-order valence-corrected chi connectivity index (χ4v) is 7.26. The van der Waals surface area contributed by atoms with E-state index in [0.29, 0.717) is 0 Å². The normalized spacial score (nSPS) is 11.6. The van der Waals surface area contributed by atoms with Crippen LogP contribution in [0.1, 0.15) is 13.8 Å². The van der Waals surface area contributed by atoms with Crippen LogP contribution >= 0.6 is 0 Å². The number of hydrogen-bond acceptors (Lipinski definition) is 1. The summed E-state index contributed by atoms with van der Waals surface area (Å²) in [5, 5.41) is 7.28. The van der Waals surface area contributed by atoms with E-state index in [9.17, 15) is 0 Å². The highest BCUT2D eigenvalue weighted by atomic mass is 16.3. The number of para-hydroxylation sites is 4. The highest BCUT2D eigenvalue weighted by Gasteiger charge is 2.15. The van der Waals surface area contributed by atoms with E-state index >= 15 is 0 Å². The second-order valence-corrected chi connectivity index (χ2v) is 11.8. The van der Waals surface area contributed by atoms with Crippen LogP contribution < -0.4 is 0 Å². The summed E-state index contributed by atoms with van der Waals surface area (Å²) in [4.78, 5) is 3.77. The van der Waals surface area contributed by atoms with Crippen molar-refractivity contribution in [1.82, 2.24) is 9.55 Å². The maximum absolute atomic E-state index is 6.08. The molecule has 0 saturated carbocycles. The van der Waals surface area contributed by atoms with Gasteiger partial charge in [0.15, 0.2) is 0 Å². The lowest BCUT2D eigenvalue weighted by Gasteiger charge is -2.08. The van der Waals surface area contributed by atoms with Crippen LogP contribution in [0.4, 0.5) is 0 Å². The quantitative estimate of drug-likeness (QED) is 0.214. The van der Waals surface area contributed by atoms with Gasteiger partial charge in [-0.1, -0.05) is 111 Å². The number of aromatic amines is 1. The summed E-state index contributed by atoms with van der Waals surface area (Å²) in [5.41, 5.74) is 12.5. The molecule has 7 aromatic carbocycles. The van der Waals surface area contributed by atoms with Gasteiger partial charge >= 0.3 is 0 Å². The maximum Gasteiger partial charge on any atom is 0.135 e. The Kier molecular flexibility index (Phi) is 6.26. The van der Waals surface area contributed by atoms with Crippen LogP contribution in [0.5, 0.6) is 0 Å². The number of fused-ring (bicyclic) bond motifs is 9. The highest BCUT2D eigenvalue weighted by molar-refractivity contribution is 6.14. The Morgan fingerprint density at radius 2 is 1.09 bits per heavy atom. The minimum atomic E-state index is 0.916. The zero-order valence-corrected chi connectivity index (χ0v) is 26.3. The van der Waals surface area contributed by atoms with Gasteiger partial charge in [-0.15, -0.1) is 0 Å². The molecule has 0 amide bonds. The molecule has 0 fully saturated rings. The first kappa shape index (κ1) is 27.3. The van der Waals surface area contributed by atoms with Gasteiger partial charge in [0.2, 0.25) is 0 Å². The molecule has 0 unspecified atom stereocenters. The number of H-pyrrole nitrogens is 1. The predicted octanol–water partition coefficient (Wildman–Crippen LogP) is 12.7. The standard InChI is InChI=1S/C42H26N2O.C2H6/c1-4-16-38-31(11-1)32-12-2-5-17-39(32)44(38)29-20-21-37-35(25-29)34-15-8-14-30(42(34)43-37)28-10-7-9-26(23-28)27-19-22-41-36(24-27)33-13-3-6-18-40(33)45-41;1-2/h1-25,43H;1-2H3. The van der Waals surface area contributed by atoms with Gasteiger partial charge in [-0.2, -0.15) is 0 Å². The van der Waals surface area contributed by atoms with E-state index in [0.717, 1.165) is 38.7 Å². The Morgan fingerprint density at radius 3 is 1.89 bits per heavy atom. The maximum atomic E-state index is 6.08. The summed E-state index contributed by atoms with van der Waals surface area (Å²) in [5.74, 6) is 0. The monoisotopic (exact) mass is 604 g/mol. The number of aromatic nitrogens is 2. The van der Waals surface area contributed by atoms with Gasteiger partial charge in [0.1, 0.15) is 11.2 Å².